The molecular formula is C17H10ClFN4O4. The number of nitro benzene ring substituents is 1. The van der Waals surface area contributed by atoms with E-state index in [9.17, 15) is 24.1 Å². The molecule has 27 heavy (non-hydrogen) atoms. The molecule has 2 aromatic carbocycles. The highest BCUT2D eigenvalue weighted by atomic mass is 35.5. The minimum Gasteiger partial charge on any atom is -0.319 e. The number of halogens is 2. The van der Waals surface area contributed by atoms with Gasteiger partial charge in [-0.2, -0.15) is 5.10 Å². The van der Waals surface area contributed by atoms with Crippen LogP contribution in [0.1, 0.15) is 10.5 Å². The summed E-state index contributed by atoms with van der Waals surface area (Å²) in [7, 11) is 0. The van der Waals surface area contributed by atoms with Crippen molar-refractivity contribution in [2.45, 2.75) is 0 Å². The average Bonchev–Trinajstić information content (AvgIpc) is 2.64. The fourth-order valence-corrected chi connectivity index (χ4v) is 2.43. The predicted octanol–water partition coefficient (Wildman–Crippen LogP) is 3.19. The highest BCUT2D eigenvalue weighted by Crippen LogP contribution is 2.26. The highest BCUT2D eigenvalue weighted by molar-refractivity contribution is 6.34. The lowest BCUT2D eigenvalue weighted by atomic mass is 10.2. The Morgan fingerprint density at radius 1 is 1.19 bits per heavy atom. The lowest BCUT2D eigenvalue weighted by Crippen LogP contribution is -2.25. The summed E-state index contributed by atoms with van der Waals surface area (Å²) in [5, 5.41) is 17.0. The molecule has 0 aliphatic rings. The number of non-ortho nitro benzene ring substituents is 1. The van der Waals surface area contributed by atoms with Gasteiger partial charge in [0, 0.05) is 24.4 Å². The highest BCUT2D eigenvalue weighted by Gasteiger charge is 2.17. The van der Waals surface area contributed by atoms with Crippen LogP contribution < -0.4 is 10.7 Å². The molecule has 1 amide bonds. The summed E-state index contributed by atoms with van der Waals surface area (Å²) in [5.41, 5.74) is -0.765. The summed E-state index contributed by atoms with van der Waals surface area (Å²) < 4.78 is 14.3. The van der Waals surface area contributed by atoms with E-state index in [4.69, 9.17) is 11.6 Å². The molecule has 3 aromatic rings. The first-order valence-corrected chi connectivity index (χ1v) is 7.84. The standard InChI is InChI=1S/C17H10ClFN4O4/c18-13-9-12(23(26)27)5-6-14(13)20-17(25)16-15(24)7-8-22(21-16)11-3-1-10(19)2-4-11/h1-9H,(H,20,25). The van der Waals surface area contributed by atoms with E-state index in [0.29, 0.717) is 5.69 Å². The van der Waals surface area contributed by atoms with Gasteiger partial charge in [-0.15, -0.1) is 0 Å². The lowest BCUT2D eigenvalue weighted by Gasteiger charge is -2.09. The van der Waals surface area contributed by atoms with Crippen LogP contribution in [0.5, 0.6) is 0 Å². The zero-order valence-corrected chi connectivity index (χ0v) is 14.2. The second-order valence-electron chi connectivity index (χ2n) is 5.32. The normalized spacial score (nSPS) is 10.4. The van der Waals surface area contributed by atoms with Gasteiger partial charge in [-0.3, -0.25) is 19.7 Å². The molecule has 136 valence electrons. The van der Waals surface area contributed by atoms with Crippen molar-refractivity contribution in [2.24, 2.45) is 0 Å². The molecule has 0 spiro atoms. The number of aromatic nitrogens is 2. The number of amides is 1. The monoisotopic (exact) mass is 388 g/mol. The number of carbonyl (C=O) groups excluding carboxylic acids is 1. The number of nitro groups is 1. The number of hydrogen-bond donors (Lipinski definition) is 1. The van der Waals surface area contributed by atoms with Crippen molar-refractivity contribution in [1.82, 2.24) is 9.78 Å². The van der Waals surface area contributed by atoms with Gasteiger partial charge in [0.15, 0.2) is 5.69 Å². The Morgan fingerprint density at radius 2 is 1.89 bits per heavy atom. The smallest absolute Gasteiger partial charge is 0.280 e. The van der Waals surface area contributed by atoms with Crippen LogP contribution in [0.25, 0.3) is 5.69 Å². The van der Waals surface area contributed by atoms with Gasteiger partial charge < -0.3 is 5.32 Å². The second kappa shape index (κ2) is 7.34. The molecule has 8 nitrogen and oxygen atoms in total. The van der Waals surface area contributed by atoms with E-state index in [1.165, 1.54) is 41.2 Å². The zero-order chi connectivity index (χ0) is 19.6. The maximum atomic E-state index is 13.0. The average molecular weight is 389 g/mol. The summed E-state index contributed by atoms with van der Waals surface area (Å²) in [6.45, 7) is 0. The van der Waals surface area contributed by atoms with Crippen LogP contribution in [-0.4, -0.2) is 20.6 Å². The number of rotatable bonds is 4. The van der Waals surface area contributed by atoms with Crippen molar-refractivity contribution in [3.8, 4) is 5.69 Å². The van der Waals surface area contributed by atoms with E-state index < -0.39 is 27.8 Å². The number of hydrogen-bond acceptors (Lipinski definition) is 5. The predicted molar refractivity (Wildman–Crippen MR) is 95.9 cm³/mol. The zero-order valence-electron chi connectivity index (χ0n) is 13.4. The molecule has 1 heterocycles. The molecular weight excluding hydrogens is 379 g/mol. The Bertz CT molecular complexity index is 1100. The van der Waals surface area contributed by atoms with Gasteiger partial charge in [-0.05, 0) is 30.3 Å². The van der Waals surface area contributed by atoms with Crippen LogP contribution in [0, 0.1) is 15.9 Å². The van der Waals surface area contributed by atoms with Crippen molar-refractivity contribution >= 4 is 28.9 Å². The van der Waals surface area contributed by atoms with Gasteiger partial charge in [-0.1, -0.05) is 11.6 Å². The van der Waals surface area contributed by atoms with Crippen molar-refractivity contribution < 1.29 is 14.1 Å². The van der Waals surface area contributed by atoms with Crippen LogP contribution in [0.2, 0.25) is 5.02 Å². The van der Waals surface area contributed by atoms with E-state index in [1.807, 2.05) is 0 Å². The largest absolute Gasteiger partial charge is 0.319 e. The summed E-state index contributed by atoms with van der Waals surface area (Å²) in [4.78, 5) is 34.5. The van der Waals surface area contributed by atoms with Crippen LogP contribution in [0.4, 0.5) is 15.8 Å². The first-order chi connectivity index (χ1) is 12.8. The molecule has 0 aliphatic heterocycles. The van der Waals surface area contributed by atoms with Gasteiger partial charge in [-0.25, -0.2) is 9.07 Å². The van der Waals surface area contributed by atoms with Gasteiger partial charge >= 0.3 is 0 Å². The molecule has 0 saturated heterocycles. The van der Waals surface area contributed by atoms with E-state index >= 15 is 0 Å². The topological polar surface area (TPSA) is 107 Å². The first-order valence-electron chi connectivity index (χ1n) is 7.46. The van der Waals surface area contributed by atoms with Crippen molar-refractivity contribution in [2.75, 3.05) is 5.32 Å². The molecule has 0 atom stereocenters. The number of nitrogens with one attached hydrogen (secondary N) is 1. The SMILES string of the molecule is O=C(Nc1ccc([N+](=O)[O-])cc1Cl)c1nn(-c2ccc(F)cc2)ccc1=O. The number of benzene rings is 2. The molecule has 0 radical (unpaired) electrons. The third-order valence-corrected chi connectivity index (χ3v) is 3.84. The van der Waals surface area contributed by atoms with Crippen molar-refractivity contribution in [3.63, 3.8) is 0 Å². The Hall–Kier alpha value is -3.59. The Labute approximate surface area is 156 Å². The Morgan fingerprint density at radius 3 is 2.52 bits per heavy atom. The van der Waals surface area contributed by atoms with E-state index in [1.54, 1.807) is 0 Å². The molecule has 1 N–H and O–H groups in total. The maximum Gasteiger partial charge on any atom is 0.280 e. The van der Waals surface area contributed by atoms with Crippen LogP contribution in [0.15, 0.2) is 59.5 Å². The number of carbonyl (C=O) groups is 1. The molecule has 10 heteroatoms. The maximum absolute atomic E-state index is 13.0. The fraction of sp³-hybridized carbons (Fsp3) is 0. The van der Waals surface area contributed by atoms with Crippen molar-refractivity contribution in [3.05, 3.63) is 91.6 Å². The summed E-state index contributed by atoms with van der Waals surface area (Å²) >= 11 is 5.93. The van der Waals surface area contributed by atoms with Crippen LogP contribution in [-0.2, 0) is 0 Å². The van der Waals surface area contributed by atoms with Crippen LogP contribution in [0.3, 0.4) is 0 Å². The van der Waals surface area contributed by atoms with Gasteiger partial charge in [0.1, 0.15) is 5.82 Å². The molecule has 0 bridgehead atoms. The van der Waals surface area contributed by atoms with Crippen LogP contribution >= 0.6 is 11.6 Å². The minimum atomic E-state index is -0.841. The third-order valence-electron chi connectivity index (χ3n) is 3.53. The molecule has 1 aromatic heterocycles. The first kappa shape index (κ1) is 18.2. The van der Waals surface area contributed by atoms with Gasteiger partial charge in [0.25, 0.3) is 11.6 Å². The van der Waals surface area contributed by atoms with Gasteiger partial charge in [0.05, 0.1) is 21.3 Å². The van der Waals surface area contributed by atoms with Crippen molar-refractivity contribution in [1.29, 1.82) is 0 Å². The number of anilines is 1. The second-order valence-corrected chi connectivity index (χ2v) is 5.73. The summed E-state index contributed by atoms with van der Waals surface area (Å²) in [6, 6.07) is 9.92. The minimum absolute atomic E-state index is 0.0626. The number of nitrogens with zero attached hydrogens (tertiary/aromatic N) is 3. The van der Waals surface area contributed by atoms with E-state index in [2.05, 4.69) is 10.4 Å². The summed E-state index contributed by atoms with van der Waals surface area (Å²) in [5.74, 6) is -1.28. The molecule has 0 unspecified atom stereocenters. The van der Waals surface area contributed by atoms with E-state index in [-0.39, 0.29) is 16.4 Å². The Balaban J connectivity index is 1.91. The third kappa shape index (κ3) is 3.98. The summed E-state index contributed by atoms with van der Waals surface area (Å²) in [6.07, 6.45) is 1.34. The molecule has 0 aliphatic carbocycles. The molecule has 0 fully saturated rings. The van der Waals surface area contributed by atoms with E-state index in [0.717, 1.165) is 18.2 Å². The lowest BCUT2D eigenvalue weighted by molar-refractivity contribution is -0.384. The fourth-order valence-electron chi connectivity index (χ4n) is 2.20. The molecule has 0 saturated carbocycles. The Kier molecular flexibility index (Phi) is 4.95. The molecule has 3 rings (SSSR count). The quantitative estimate of drug-likeness (QED) is 0.545. The van der Waals surface area contributed by atoms with Gasteiger partial charge in [0.2, 0.25) is 5.43 Å².